The van der Waals surface area contributed by atoms with Gasteiger partial charge in [0.15, 0.2) is 7.14 Å². The highest BCUT2D eigenvalue weighted by molar-refractivity contribution is 7.86. The molecule has 1 aliphatic rings. The summed E-state index contributed by atoms with van der Waals surface area (Å²) in [7, 11) is -3.23. The fraction of sp³-hybridized carbons (Fsp3) is 0. The number of hydrogen-bond acceptors (Lipinski definition) is 3. The lowest BCUT2D eigenvalue weighted by atomic mass is 10.0. The molecule has 2 aromatic heterocycles. The van der Waals surface area contributed by atoms with Crippen LogP contribution in [0.1, 0.15) is 0 Å². The van der Waals surface area contributed by atoms with Crippen molar-refractivity contribution in [2.45, 2.75) is 0 Å². The van der Waals surface area contributed by atoms with Crippen molar-refractivity contribution in [1.82, 2.24) is 9.55 Å². The molecule has 9 rings (SSSR count). The van der Waals surface area contributed by atoms with Crippen LogP contribution >= 0.6 is 18.5 Å². The summed E-state index contributed by atoms with van der Waals surface area (Å²) in [6, 6.07) is 56.3. The molecular weight excluding hydrogens is 600 g/mol. The third-order valence-corrected chi connectivity index (χ3v) is 13.2. The van der Waals surface area contributed by atoms with Gasteiger partial charge in [0.05, 0.1) is 16.7 Å². The molecule has 0 radical (unpaired) electrons. The van der Waals surface area contributed by atoms with E-state index in [1.165, 1.54) is 20.9 Å². The van der Waals surface area contributed by atoms with Crippen molar-refractivity contribution in [3.63, 3.8) is 0 Å². The van der Waals surface area contributed by atoms with Crippen molar-refractivity contribution in [3.05, 3.63) is 164 Å². The summed E-state index contributed by atoms with van der Waals surface area (Å²) >= 11 is 1.80. The molecule has 1 unspecified atom stereocenters. The highest BCUT2D eigenvalue weighted by Crippen LogP contribution is 2.50. The summed E-state index contributed by atoms with van der Waals surface area (Å²) < 4.78 is 17.9. The molecule has 3 heterocycles. The molecule has 218 valence electrons. The van der Waals surface area contributed by atoms with Crippen LogP contribution in [0.4, 0.5) is 0 Å². The van der Waals surface area contributed by atoms with Crippen molar-refractivity contribution in [2.24, 2.45) is 0 Å². The molecule has 0 saturated heterocycles. The van der Waals surface area contributed by atoms with Gasteiger partial charge in [-0.3, -0.25) is 4.57 Å². The molecule has 0 amide bonds. The summed E-state index contributed by atoms with van der Waals surface area (Å²) in [6.45, 7) is 0. The Morgan fingerprint density at radius 1 is 0.500 bits per heavy atom. The largest absolute Gasteiger partial charge is 0.308 e. The zero-order chi connectivity index (χ0) is 30.7. The number of fused-ring (bicyclic) bond motifs is 2. The van der Waals surface area contributed by atoms with Gasteiger partial charge in [-0.05, 0) is 58.7 Å². The van der Waals surface area contributed by atoms with Crippen LogP contribution in [0.15, 0.2) is 164 Å². The van der Waals surface area contributed by atoms with Crippen LogP contribution in [0.25, 0.3) is 60.1 Å². The Hall–Kier alpha value is -5.28. The number of thiophene rings is 1. The molecule has 0 bridgehead atoms. The number of aromatic nitrogens is 2. The minimum absolute atomic E-state index is 0.830. The van der Waals surface area contributed by atoms with Gasteiger partial charge >= 0.3 is 0 Å². The summed E-state index contributed by atoms with van der Waals surface area (Å²) in [5.74, 6) is 0.853. The van der Waals surface area contributed by atoms with Gasteiger partial charge in [-0.25, -0.2) is 4.98 Å². The highest BCUT2D eigenvalue weighted by Gasteiger charge is 2.40. The average Bonchev–Trinajstić information content (AvgIpc) is 3.78. The van der Waals surface area contributed by atoms with E-state index in [1.54, 1.807) is 11.3 Å². The molecule has 5 heteroatoms. The maximum Gasteiger partial charge on any atom is 0.175 e. The van der Waals surface area contributed by atoms with E-state index in [1.807, 2.05) is 72.8 Å². The first-order valence-corrected chi connectivity index (χ1v) is 17.8. The first-order valence-electron chi connectivity index (χ1n) is 15.3. The van der Waals surface area contributed by atoms with Crippen LogP contribution in [-0.2, 0) is 4.57 Å². The lowest BCUT2D eigenvalue weighted by molar-refractivity contribution is 0.592. The smallest absolute Gasteiger partial charge is 0.175 e. The molecule has 1 aliphatic heterocycles. The monoisotopic (exact) mass is 626 g/mol. The molecule has 8 aromatic rings. The SMILES string of the molecule is O=P1(c2ccccc2)c2cc(-c3ccc(-c4ccc(-c5ccccc5)s4)cc3)ccc2-n2c(-c3ccccc3)nc3cccc1c32. The van der Waals surface area contributed by atoms with Crippen LogP contribution in [0.2, 0.25) is 0 Å². The van der Waals surface area contributed by atoms with Crippen LogP contribution in [-0.4, -0.2) is 9.55 Å². The minimum Gasteiger partial charge on any atom is -0.308 e. The molecule has 0 aliphatic carbocycles. The second-order valence-electron chi connectivity index (χ2n) is 11.5. The fourth-order valence-corrected chi connectivity index (χ4v) is 10.7. The quantitative estimate of drug-likeness (QED) is 0.178. The Balaban J connectivity index is 1.20. The number of imidazole rings is 1. The first kappa shape index (κ1) is 27.1. The van der Waals surface area contributed by atoms with Crippen LogP contribution < -0.4 is 15.9 Å². The topological polar surface area (TPSA) is 34.9 Å². The maximum absolute atomic E-state index is 15.7. The summed E-state index contributed by atoms with van der Waals surface area (Å²) in [5, 5.41) is 2.50. The van der Waals surface area contributed by atoms with Gasteiger partial charge in [-0.15, -0.1) is 11.3 Å². The van der Waals surface area contributed by atoms with E-state index < -0.39 is 7.14 Å². The Labute approximate surface area is 271 Å². The highest BCUT2D eigenvalue weighted by atomic mass is 32.1. The number of rotatable bonds is 5. The van der Waals surface area contributed by atoms with Crippen LogP contribution in [0, 0.1) is 0 Å². The minimum atomic E-state index is -3.23. The number of para-hydroxylation sites is 1. The second kappa shape index (κ2) is 10.7. The normalized spacial score (nSPS) is 15.1. The lowest BCUT2D eigenvalue weighted by Crippen LogP contribution is -2.33. The Bertz CT molecular complexity index is 2430. The van der Waals surface area contributed by atoms with E-state index in [0.29, 0.717) is 0 Å². The van der Waals surface area contributed by atoms with E-state index in [9.17, 15) is 0 Å². The Morgan fingerprint density at radius 2 is 1.09 bits per heavy atom. The van der Waals surface area contributed by atoms with E-state index in [0.717, 1.165) is 55.1 Å². The molecular formula is C41H27N2OPS. The van der Waals surface area contributed by atoms with Gasteiger partial charge in [0.1, 0.15) is 5.82 Å². The molecule has 1 atom stereocenters. The van der Waals surface area contributed by atoms with Gasteiger partial charge in [-0.1, -0.05) is 127 Å². The Kier molecular flexibility index (Phi) is 6.28. The third kappa shape index (κ3) is 4.19. The van der Waals surface area contributed by atoms with Crippen molar-refractivity contribution in [1.29, 1.82) is 0 Å². The summed E-state index contributed by atoms with van der Waals surface area (Å²) in [4.78, 5) is 7.59. The third-order valence-electron chi connectivity index (χ3n) is 8.87. The van der Waals surface area contributed by atoms with E-state index in [2.05, 4.69) is 95.6 Å². The molecule has 0 fully saturated rings. The van der Waals surface area contributed by atoms with Crippen molar-refractivity contribution < 1.29 is 4.57 Å². The molecule has 0 N–H and O–H groups in total. The molecule has 6 aromatic carbocycles. The number of hydrogen-bond donors (Lipinski definition) is 0. The van der Waals surface area contributed by atoms with E-state index >= 15 is 4.57 Å². The van der Waals surface area contributed by atoms with Crippen molar-refractivity contribution in [3.8, 4) is 49.1 Å². The maximum atomic E-state index is 15.7. The van der Waals surface area contributed by atoms with E-state index in [4.69, 9.17) is 4.98 Å². The van der Waals surface area contributed by atoms with Gasteiger partial charge in [0.2, 0.25) is 0 Å². The van der Waals surface area contributed by atoms with Gasteiger partial charge < -0.3 is 4.57 Å². The number of benzene rings is 6. The van der Waals surface area contributed by atoms with Crippen LogP contribution in [0.5, 0.6) is 0 Å². The molecule has 46 heavy (non-hydrogen) atoms. The number of nitrogens with zero attached hydrogens (tertiary/aromatic N) is 2. The predicted octanol–water partition coefficient (Wildman–Crippen LogP) is 9.71. The average molecular weight is 627 g/mol. The molecule has 0 saturated carbocycles. The fourth-order valence-electron chi connectivity index (χ4n) is 6.65. The Morgan fingerprint density at radius 3 is 1.78 bits per heavy atom. The van der Waals surface area contributed by atoms with Crippen molar-refractivity contribution >= 4 is 45.4 Å². The molecule has 3 nitrogen and oxygen atoms in total. The van der Waals surface area contributed by atoms with Crippen molar-refractivity contribution in [2.75, 3.05) is 0 Å². The van der Waals surface area contributed by atoms with Gasteiger partial charge in [0.25, 0.3) is 0 Å². The second-order valence-corrected chi connectivity index (χ2v) is 15.3. The van der Waals surface area contributed by atoms with Gasteiger partial charge in [-0.2, -0.15) is 0 Å². The summed E-state index contributed by atoms with van der Waals surface area (Å²) in [5.41, 5.74) is 8.25. The molecule has 0 spiro atoms. The predicted molar refractivity (Wildman–Crippen MR) is 194 cm³/mol. The first-order chi connectivity index (χ1) is 22.7. The van der Waals surface area contributed by atoms with Crippen LogP contribution in [0.3, 0.4) is 0 Å². The van der Waals surface area contributed by atoms with Gasteiger partial charge in [0, 0.05) is 31.2 Å². The van der Waals surface area contributed by atoms with E-state index in [-0.39, 0.29) is 0 Å². The standard InChI is InChI=1S/C41H27N2OPS/c44-45(33-15-8-3-9-16-33)36-18-10-17-34-40(36)43(41(42-34)31-13-6-2-7-14-31)35-24-23-32(27-37(35)45)28-19-21-30(22-20-28)39-26-25-38(46-39)29-11-4-1-5-12-29/h1-27H. The lowest BCUT2D eigenvalue weighted by Gasteiger charge is -2.29. The zero-order valence-corrected chi connectivity index (χ0v) is 26.5. The summed E-state index contributed by atoms with van der Waals surface area (Å²) in [6.07, 6.45) is 0. The zero-order valence-electron chi connectivity index (χ0n) is 24.7.